The van der Waals surface area contributed by atoms with Crippen molar-refractivity contribution in [3.63, 3.8) is 0 Å². The highest BCUT2D eigenvalue weighted by Gasteiger charge is 2.21. The number of methoxy groups -OCH3 is 1. The Morgan fingerprint density at radius 1 is 1.30 bits per heavy atom. The molecule has 0 heterocycles. The highest BCUT2D eigenvalue weighted by molar-refractivity contribution is 5.81. The molecule has 0 fully saturated rings. The van der Waals surface area contributed by atoms with Gasteiger partial charge in [0.15, 0.2) is 0 Å². The number of rotatable bonds is 7. The van der Waals surface area contributed by atoms with E-state index in [1.54, 1.807) is 0 Å². The van der Waals surface area contributed by atoms with Crippen molar-refractivity contribution in [1.82, 2.24) is 5.32 Å². The molecule has 1 N–H and O–H groups in total. The topological polar surface area (TPSA) is 81.7 Å². The Hall–Kier alpha value is -2.37. The Balaban J connectivity index is 2.44. The van der Waals surface area contributed by atoms with Crippen molar-refractivity contribution in [2.75, 3.05) is 7.11 Å². The summed E-state index contributed by atoms with van der Waals surface area (Å²) < 4.78 is 9.53. The SMILES string of the molecule is COC(=O)C(CCC=O)NC(=O)OCc1ccccc1. The van der Waals surface area contributed by atoms with E-state index in [4.69, 9.17) is 4.74 Å². The molecule has 6 nitrogen and oxygen atoms in total. The first-order valence-corrected chi connectivity index (χ1v) is 6.16. The second-order valence-corrected chi connectivity index (χ2v) is 4.03. The number of carbonyl (C=O) groups excluding carboxylic acids is 3. The number of carbonyl (C=O) groups is 3. The highest BCUT2D eigenvalue weighted by atomic mass is 16.6. The van der Waals surface area contributed by atoms with Crippen molar-refractivity contribution >= 4 is 18.3 Å². The van der Waals surface area contributed by atoms with Crippen LogP contribution in [0.15, 0.2) is 30.3 Å². The number of benzene rings is 1. The second kappa shape index (κ2) is 8.68. The minimum atomic E-state index is -0.881. The zero-order valence-electron chi connectivity index (χ0n) is 11.2. The molecule has 0 saturated carbocycles. The van der Waals surface area contributed by atoms with E-state index in [0.717, 1.165) is 5.56 Å². The summed E-state index contributed by atoms with van der Waals surface area (Å²) in [5.41, 5.74) is 0.838. The molecule has 1 atom stereocenters. The standard InChI is InChI=1S/C14H17NO5/c1-19-13(17)12(8-5-9-16)15-14(18)20-10-11-6-3-2-4-7-11/h2-4,6-7,9,12H,5,8,10H2,1H3,(H,15,18). The fourth-order valence-corrected chi connectivity index (χ4v) is 1.53. The third-order valence-corrected chi connectivity index (χ3v) is 2.56. The molecular weight excluding hydrogens is 262 g/mol. The summed E-state index contributed by atoms with van der Waals surface area (Å²) in [4.78, 5) is 33.3. The molecule has 0 bridgehead atoms. The lowest BCUT2D eigenvalue weighted by Gasteiger charge is -2.15. The Labute approximate surface area is 117 Å². The summed E-state index contributed by atoms with van der Waals surface area (Å²) in [6.07, 6.45) is 0.276. The first-order valence-electron chi connectivity index (χ1n) is 6.16. The first kappa shape index (κ1) is 15.7. The maximum absolute atomic E-state index is 11.6. The van der Waals surface area contributed by atoms with Gasteiger partial charge in [-0.2, -0.15) is 0 Å². The Morgan fingerprint density at radius 3 is 2.60 bits per heavy atom. The number of esters is 1. The van der Waals surface area contributed by atoms with Crippen LogP contribution in [-0.2, 0) is 25.7 Å². The van der Waals surface area contributed by atoms with E-state index >= 15 is 0 Å². The van der Waals surface area contributed by atoms with E-state index in [-0.39, 0.29) is 19.4 Å². The molecule has 1 aromatic carbocycles. The van der Waals surface area contributed by atoms with E-state index in [9.17, 15) is 14.4 Å². The van der Waals surface area contributed by atoms with Gasteiger partial charge < -0.3 is 19.6 Å². The predicted octanol–water partition coefficient (Wildman–Crippen LogP) is 1.43. The number of alkyl carbamates (subject to hydrolysis) is 1. The third kappa shape index (κ3) is 5.51. The van der Waals surface area contributed by atoms with Gasteiger partial charge in [-0.3, -0.25) is 0 Å². The van der Waals surface area contributed by atoms with Crippen LogP contribution < -0.4 is 5.32 Å². The Bertz CT molecular complexity index is 446. The van der Waals surface area contributed by atoms with Gasteiger partial charge in [-0.25, -0.2) is 9.59 Å². The van der Waals surface area contributed by atoms with Crippen LogP contribution >= 0.6 is 0 Å². The lowest BCUT2D eigenvalue weighted by atomic mass is 10.2. The van der Waals surface area contributed by atoms with Crippen molar-refractivity contribution < 1.29 is 23.9 Å². The first-order chi connectivity index (χ1) is 9.67. The maximum Gasteiger partial charge on any atom is 0.408 e. The van der Waals surface area contributed by atoms with Crippen LogP contribution in [0.25, 0.3) is 0 Å². The normalized spacial score (nSPS) is 11.2. The number of ether oxygens (including phenoxy) is 2. The number of aldehydes is 1. The molecule has 0 spiro atoms. The molecule has 0 aliphatic rings. The molecule has 108 valence electrons. The molecular formula is C14H17NO5. The molecule has 20 heavy (non-hydrogen) atoms. The van der Waals surface area contributed by atoms with Crippen molar-refractivity contribution in [1.29, 1.82) is 0 Å². The van der Waals surface area contributed by atoms with Gasteiger partial charge in [0, 0.05) is 6.42 Å². The fourth-order valence-electron chi connectivity index (χ4n) is 1.53. The van der Waals surface area contributed by atoms with E-state index in [1.807, 2.05) is 30.3 Å². The summed E-state index contributed by atoms with van der Waals surface area (Å²) in [5.74, 6) is -0.608. The van der Waals surface area contributed by atoms with Gasteiger partial charge in [0.1, 0.15) is 18.9 Å². The number of nitrogens with one attached hydrogen (secondary N) is 1. The number of hydrogen-bond acceptors (Lipinski definition) is 5. The molecule has 0 aliphatic carbocycles. The van der Waals surface area contributed by atoms with Gasteiger partial charge in [0.05, 0.1) is 7.11 Å². The second-order valence-electron chi connectivity index (χ2n) is 4.03. The molecule has 0 aromatic heterocycles. The molecule has 1 aromatic rings. The van der Waals surface area contributed by atoms with Crippen molar-refractivity contribution in [2.24, 2.45) is 0 Å². The van der Waals surface area contributed by atoms with Crippen molar-refractivity contribution in [2.45, 2.75) is 25.5 Å². The van der Waals surface area contributed by atoms with Crippen LogP contribution in [0.4, 0.5) is 4.79 Å². The highest BCUT2D eigenvalue weighted by Crippen LogP contribution is 2.02. The molecule has 1 rings (SSSR count). The van der Waals surface area contributed by atoms with Gasteiger partial charge in [-0.15, -0.1) is 0 Å². The van der Waals surface area contributed by atoms with Crippen LogP contribution in [0.5, 0.6) is 0 Å². The fraction of sp³-hybridized carbons (Fsp3) is 0.357. The summed E-state index contributed by atoms with van der Waals surface area (Å²) in [6, 6.07) is 8.27. The monoisotopic (exact) mass is 279 g/mol. The van der Waals surface area contributed by atoms with Crippen LogP contribution in [-0.4, -0.2) is 31.5 Å². The predicted molar refractivity (Wildman–Crippen MR) is 70.9 cm³/mol. The van der Waals surface area contributed by atoms with Crippen molar-refractivity contribution in [3.8, 4) is 0 Å². The van der Waals surface area contributed by atoms with E-state index in [1.165, 1.54) is 7.11 Å². The summed E-state index contributed by atoms with van der Waals surface area (Å²) in [5, 5.41) is 2.38. The van der Waals surface area contributed by atoms with Crippen LogP contribution in [0.1, 0.15) is 18.4 Å². The summed E-state index contributed by atoms with van der Waals surface area (Å²) in [7, 11) is 1.22. The number of hydrogen-bond donors (Lipinski definition) is 1. The minimum Gasteiger partial charge on any atom is -0.467 e. The van der Waals surface area contributed by atoms with Crippen LogP contribution in [0.2, 0.25) is 0 Å². The van der Waals surface area contributed by atoms with Crippen LogP contribution in [0, 0.1) is 0 Å². The smallest absolute Gasteiger partial charge is 0.408 e. The third-order valence-electron chi connectivity index (χ3n) is 2.56. The Kier molecular flexibility index (Phi) is 6.81. The average Bonchev–Trinajstić information content (AvgIpc) is 2.49. The van der Waals surface area contributed by atoms with Crippen LogP contribution in [0.3, 0.4) is 0 Å². The summed E-state index contributed by atoms with van der Waals surface area (Å²) in [6.45, 7) is 0.105. The van der Waals surface area contributed by atoms with Gasteiger partial charge in [0.2, 0.25) is 0 Å². The molecule has 0 aliphatic heterocycles. The van der Waals surface area contributed by atoms with Gasteiger partial charge in [-0.1, -0.05) is 30.3 Å². The lowest BCUT2D eigenvalue weighted by Crippen LogP contribution is -2.41. The van der Waals surface area contributed by atoms with Gasteiger partial charge >= 0.3 is 12.1 Å². The number of amides is 1. The van der Waals surface area contributed by atoms with E-state index in [0.29, 0.717) is 6.29 Å². The summed E-state index contributed by atoms with van der Waals surface area (Å²) >= 11 is 0. The van der Waals surface area contributed by atoms with Gasteiger partial charge in [-0.05, 0) is 12.0 Å². The quantitative estimate of drug-likeness (QED) is 0.603. The van der Waals surface area contributed by atoms with E-state index in [2.05, 4.69) is 10.1 Å². The van der Waals surface area contributed by atoms with Gasteiger partial charge in [0.25, 0.3) is 0 Å². The molecule has 0 saturated heterocycles. The molecule has 0 radical (unpaired) electrons. The zero-order chi connectivity index (χ0) is 14.8. The lowest BCUT2D eigenvalue weighted by molar-refractivity contribution is -0.143. The molecule has 1 amide bonds. The Morgan fingerprint density at radius 2 is 2.00 bits per heavy atom. The minimum absolute atomic E-state index is 0.105. The van der Waals surface area contributed by atoms with Crippen molar-refractivity contribution in [3.05, 3.63) is 35.9 Å². The van der Waals surface area contributed by atoms with E-state index < -0.39 is 18.1 Å². The maximum atomic E-state index is 11.6. The molecule has 6 heteroatoms. The average molecular weight is 279 g/mol. The molecule has 1 unspecified atom stereocenters. The largest absolute Gasteiger partial charge is 0.467 e. The zero-order valence-corrected chi connectivity index (χ0v) is 11.2.